The molecule has 7 N–H and O–H groups in total. The Hall–Kier alpha value is -4.16. The van der Waals surface area contributed by atoms with Crippen LogP contribution in [0.25, 0.3) is 0 Å². The van der Waals surface area contributed by atoms with Crippen molar-refractivity contribution >= 4 is 50.6 Å². The molecule has 2 amide bonds. The third kappa shape index (κ3) is 7.43. The SMILES string of the molecule is CS(=O)(=O)N(CC(N)=O)c1cc(Cl)cc(C(=O)NCc2ccc(C(=N)N)cc2NCc2ccccc2F)c1. The molecule has 0 bridgehead atoms. The summed E-state index contributed by atoms with van der Waals surface area (Å²) in [7, 11) is -3.90. The first-order valence-corrected chi connectivity index (χ1v) is 13.4. The lowest BCUT2D eigenvalue weighted by molar-refractivity contribution is -0.116. The third-order valence-electron chi connectivity index (χ3n) is 5.42. The first-order valence-electron chi connectivity index (χ1n) is 11.1. The highest BCUT2D eigenvalue weighted by Gasteiger charge is 2.22. The van der Waals surface area contributed by atoms with Gasteiger partial charge >= 0.3 is 0 Å². The summed E-state index contributed by atoms with van der Waals surface area (Å²) in [6.45, 7) is -0.455. The summed E-state index contributed by atoms with van der Waals surface area (Å²) in [4.78, 5) is 24.4. The number of nitrogens with two attached hydrogens (primary N) is 2. The van der Waals surface area contributed by atoms with Crippen molar-refractivity contribution in [1.29, 1.82) is 5.41 Å². The molecule has 3 rings (SSSR count). The Bertz CT molecular complexity index is 1500. The van der Waals surface area contributed by atoms with Crippen LogP contribution >= 0.6 is 11.6 Å². The fourth-order valence-electron chi connectivity index (χ4n) is 3.56. The summed E-state index contributed by atoms with van der Waals surface area (Å²) in [6, 6.07) is 15.1. The van der Waals surface area contributed by atoms with Gasteiger partial charge in [-0.3, -0.25) is 19.3 Å². The first kappa shape index (κ1) is 28.4. The van der Waals surface area contributed by atoms with Crippen LogP contribution in [0.2, 0.25) is 5.02 Å². The van der Waals surface area contributed by atoms with Crippen LogP contribution in [0.1, 0.15) is 27.0 Å². The summed E-state index contributed by atoms with van der Waals surface area (Å²) >= 11 is 6.14. The molecule has 200 valence electrons. The number of amides is 2. The number of carbonyl (C=O) groups excluding carboxylic acids is 2. The minimum absolute atomic E-state index is 0.00186. The zero-order valence-electron chi connectivity index (χ0n) is 20.3. The topological polar surface area (TPSA) is 171 Å². The van der Waals surface area contributed by atoms with Gasteiger partial charge in [-0.2, -0.15) is 0 Å². The maximum Gasteiger partial charge on any atom is 0.251 e. The number of halogens is 2. The smallest absolute Gasteiger partial charge is 0.251 e. The van der Waals surface area contributed by atoms with Gasteiger partial charge < -0.3 is 22.1 Å². The van der Waals surface area contributed by atoms with Crippen LogP contribution in [0.5, 0.6) is 0 Å². The predicted molar refractivity (Wildman–Crippen MR) is 145 cm³/mol. The molecule has 3 aromatic rings. The molecule has 13 heteroatoms. The van der Waals surface area contributed by atoms with Crippen molar-refractivity contribution in [2.45, 2.75) is 13.1 Å². The lowest BCUT2D eigenvalue weighted by Crippen LogP contribution is -2.38. The lowest BCUT2D eigenvalue weighted by atomic mass is 10.1. The van der Waals surface area contributed by atoms with Gasteiger partial charge in [-0.25, -0.2) is 12.8 Å². The molecule has 0 radical (unpaired) electrons. The van der Waals surface area contributed by atoms with Gasteiger partial charge in [-0.1, -0.05) is 41.9 Å². The van der Waals surface area contributed by atoms with Gasteiger partial charge in [0.2, 0.25) is 15.9 Å². The van der Waals surface area contributed by atoms with E-state index in [4.69, 9.17) is 28.5 Å². The molecule has 0 aliphatic rings. The Morgan fingerprint density at radius 1 is 1.00 bits per heavy atom. The second-order valence-electron chi connectivity index (χ2n) is 8.35. The molecular formula is C25H26ClFN6O4S. The van der Waals surface area contributed by atoms with E-state index in [1.165, 1.54) is 24.3 Å². The van der Waals surface area contributed by atoms with Gasteiger partial charge in [0.05, 0.1) is 11.9 Å². The van der Waals surface area contributed by atoms with Crippen molar-refractivity contribution in [3.63, 3.8) is 0 Å². The van der Waals surface area contributed by atoms with Crippen molar-refractivity contribution in [1.82, 2.24) is 5.32 Å². The molecule has 0 saturated carbocycles. The fourth-order valence-corrected chi connectivity index (χ4v) is 4.64. The largest absolute Gasteiger partial charge is 0.384 e. The van der Waals surface area contributed by atoms with Crippen LogP contribution in [-0.2, 0) is 27.9 Å². The number of carbonyl (C=O) groups is 2. The molecule has 3 aromatic carbocycles. The van der Waals surface area contributed by atoms with E-state index in [2.05, 4.69) is 10.6 Å². The number of hydrogen-bond donors (Lipinski definition) is 5. The molecule has 0 spiro atoms. The van der Waals surface area contributed by atoms with E-state index in [1.54, 1.807) is 36.4 Å². The van der Waals surface area contributed by atoms with Crippen LogP contribution in [-0.4, -0.2) is 38.9 Å². The maximum atomic E-state index is 14.1. The molecule has 0 heterocycles. The van der Waals surface area contributed by atoms with E-state index in [0.29, 0.717) is 22.4 Å². The predicted octanol–water partition coefficient (Wildman–Crippen LogP) is 2.56. The van der Waals surface area contributed by atoms with Gasteiger partial charge in [-0.05, 0) is 35.9 Å². The Kier molecular flexibility index (Phi) is 8.92. The van der Waals surface area contributed by atoms with E-state index in [0.717, 1.165) is 10.6 Å². The molecule has 0 aliphatic carbocycles. The minimum atomic E-state index is -3.90. The quantitative estimate of drug-likeness (QED) is 0.178. The molecule has 10 nitrogen and oxygen atoms in total. The molecule has 0 unspecified atom stereocenters. The highest BCUT2D eigenvalue weighted by Crippen LogP contribution is 2.25. The van der Waals surface area contributed by atoms with Gasteiger partial charge in [0.15, 0.2) is 0 Å². The number of nitrogen functional groups attached to an aromatic ring is 1. The molecular weight excluding hydrogens is 535 g/mol. The van der Waals surface area contributed by atoms with Gasteiger partial charge in [0.1, 0.15) is 18.2 Å². The van der Waals surface area contributed by atoms with Crippen LogP contribution in [0.4, 0.5) is 15.8 Å². The Labute approximate surface area is 224 Å². The van der Waals surface area contributed by atoms with E-state index in [1.807, 2.05) is 0 Å². The summed E-state index contributed by atoms with van der Waals surface area (Å²) < 4.78 is 39.2. The Balaban J connectivity index is 1.84. The normalized spacial score (nSPS) is 11.0. The maximum absolute atomic E-state index is 14.1. The average molecular weight is 561 g/mol. The highest BCUT2D eigenvalue weighted by molar-refractivity contribution is 7.92. The van der Waals surface area contributed by atoms with Gasteiger partial charge in [-0.15, -0.1) is 0 Å². The zero-order valence-corrected chi connectivity index (χ0v) is 21.9. The summed E-state index contributed by atoms with van der Waals surface area (Å²) in [6.07, 6.45) is 0.900. The fraction of sp³-hybridized carbons (Fsp3) is 0.160. The monoisotopic (exact) mass is 560 g/mol. The second-order valence-corrected chi connectivity index (χ2v) is 10.7. The number of primary amides is 1. The molecule has 0 fully saturated rings. The van der Waals surface area contributed by atoms with E-state index in [-0.39, 0.29) is 41.0 Å². The number of nitrogens with one attached hydrogen (secondary N) is 3. The summed E-state index contributed by atoms with van der Waals surface area (Å²) in [5, 5.41) is 13.6. The van der Waals surface area contributed by atoms with Crippen LogP contribution in [0, 0.1) is 11.2 Å². The van der Waals surface area contributed by atoms with Crippen molar-refractivity contribution < 1.29 is 22.4 Å². The third-order valence-corrected chi connectivity index (χ3v) is 6.78. The number of nitrogens with zero attached hydrogens (tertiary/aromatic N) is 1. The number of rotatable bonds is 11. The van der Waals surface area contributed by atoms with Crippen molar-refractivity contribution in [2.24, 2.45) is 11.5 Å². The van der Waals surface area contributed by atoms with E-state index in [9.17, 15) is 22.4 Å². The Morgan fingerprint density at radius 3 is 2.34 bits per heavy atom. The summed E-state index contributed by atoms with van der Waals surface area (Å²) in [5.74, 6) is -2.00. The molecule has 0 saturated heterocycles. The minimum Gasteiger partial charge on any atom is -0.384 e. The second kappa shape index (κ2) is 11.9. The molecule has 0 aromatic heterocycles. The standard InChI is InChI=1S/C25H26ClFN6O4S/c1-38(36,37)33(14-23(28)34)20-9-18(8-19(26)11-20)25(35)32-13-17-7-6-15(24(29)30)10-22(17)31-12-16-4-2-3-5-21(16)27/h2-11,31H,12-14H2,1H3,(H2,28,34)(H3,29,30)(H,32,35). The first-order chi connectivity index (χ1) is 17.8. The van der Waals surface area contributed by atoms with Crippen molar-refractivity contribution in [2.75, 3.05) is 22.4 Å². The highest BCUT2D eigenvalue weighted by atomic mass is 35.5. The molecule has 0 atom stereocenters. The van der Waals surface area contributed by atoms with Crippen molar-refractivity contribution in [3.8, 4) is 0 Å². The number of benzene rings is 3. The van der Waals surface area contributed by atoms with Crippen LogP contribution < -0.4 is 26.4 Å². The average Bonchev–Trinajstić information content (AvgIpc) is 2.84. The Morgan fingerprint density at radius 2 is 1.71 bits per heavy atom. The number of hydrogen-bond acceptors (Lipinski definition) is 6. The molecule has 0 aliphatic heterocycles. The van der Waals surface area contributed by atoms with Crippen LogP contribution in [0.3, 0.4) is 0 Å². The van der Waals surface area contributed by atoms with Crippen molar-refractivity contribution in [3.05, 3.63) is 93.8 Å². The number of anilines is 2. The number of sulfonamides is 1. The zero-order chi connectivity index (χ0) is 28.0. The molecule has 38 heavy (non-hydrogen) atoms. The van der Waals surface area contributed by atoms with Gasteiger partial charge in [0, 0.05) is 40.5 Å². The van der Waals surface area contributed by atoms with E-state index < -0.39 is 28.4 Å². The van der Waals surface area contributed by atoms with Gasteiger partial charge in [0.25, 0.3) is 5.91 Å². The number of amidine groups is 1. The van der Waals surface area contributed by atoms with E-state index >= 15 is 0 Å². The lowest BCUT2D eigenvalue weighted by Gasteiger charge is -2.21. The summed E-state index contributed by atoms with van der Waals surface area (Å²) in [5.41, 5.74) is 12.9. The van der Waals surface area contributed by atoms with Crippen LogP contribution in [0.15, 0.2) is 60.7 Å².